The number of carbonyl (C=O) groups is 1. The Morgan fingerprint density at radius 1 is 1.38 bits per heavy atom. The van der Waals surface area contributed by atoms with Crippen molar-refractivity contribution in [3.8, 4) is 0 Å². The number of ether oxygens (including phenoxy) is 2. The van der Waals surface area contributed by atoms with Crippen molar-refractivity contribution in [3.05, 3.63) is 0 Å². The van der Waals surface area contributed by atoms with Crippen molar-refractivity contribution in [1.82, 2.24) is 5.32 Å². The SMILES string of the molecule is CCNC1(CC(=O)OCC)CCCOCC1. The van der Waals surface area contributed by atoms with Crippen molar-refractivity contribution in [1.29, 1.82) is 0 Å². The average Bonchev–Trinajstić information content (AvgIpc) is 2.45. The molecule has 1 saturated heterocycles. The summed E-state index contributed by atoms with van der Waals surface area (Å²) in [6, 6.07) is 0. The molecule has 0 bridgehead atoms. The van der Waals surface area contributed by atoms with Gasteiger partial charge in [0.25, 0.3) is 0 Å². The first-order valence-electron chi connectivity index (χ1n) is 6.21. The zero-order valence-corrected chi connectivity index (χ0v) is 10.4. The Kier molecular flexibility index (Phi) is 5.77. The zero-order chi connectivity index (χ0) is 11.9. The highest BCUT2D eigenvalue weighted by Crippen LogP contribution is 2.25. The largest absolute Gasteiger partial charge is 0.466 e. The molecule has 0 amide bonds. The molecular weight excluding hydrogens is 206 g/mol. The summed E-state index contributed by atoms with van der Waals surface area (Å²) in [6.07, 6.45) is 3.34. The van der Waals surface area contributed by atoms with Gasteiger partial charge in [0.15, 0.2) is 0 Å². The Balaban J connectivity index is 2.58. The summed E-state index contributed by atoms with van der Waals surface area (Å²) in [7, 11) is 0. The molecule has 1 unspecified atom stereocenters. The van der Waals surface area contributed by atoms with Gasteiger partial charge in [0.1, 0.15) is 0 Å². The molecular formula is C12H23NO3. The summed E-state index contributed by atoms with van der Waals surface area (Å²) in [4.78, 5) is 11.6. The van der Waals surface area contributed by atoms with Gasteiger partial charge in [-0.2, -0.15) is 0 Å². The van der Waals surface area contributed by atoms with E-state index < -0.39 is 0 Å². The molecule has 0 aromatic rings. The monoisotopic (exact) mass is 229 g/mol. The first-order valence-corrected chi connectivity index (χ1v) is 6.21. The Morgan fingerprint density at radius 2 is 2.19 bits per heavy atom. The lowest BCUT2D eigenvalue weighted by Crippen LogP contribution is -2.47. The van der Waals surface area contributed by atoms with Gasteiger partial charge < -0.3 is 14.8 Å². The van der Waals surface area contributed by atoms with Crippen molar-refractivity contribution < 1.29 is 14.3 Å². The summed E-state index contributed by atoms with van der Waals surface area (Å²) in [6.45, 7) is 6.77. The van der Waals surface area contributed by atoms with E-state index in [1.54, 1.807) is 0 Å². The molecule has 0 saturated carbocycles. The highest BCUT2D eigenvalue weighted by atomic mass is 16.5. The Bertz CT molecular complexity index is 210. The van der Waals surface area contributed by atoms with Gasteiger partial charge in [0.2, 0.25) is 0 Å². The minimum Gasteiger partial charge on any atom is -0.466 e. The van der Waals surface area contributed by atoms with E-state index >= 15 is 0 Å². The number of hydrogen-bond acceptors (Lipinski definition) is 4. The molecule has 4 heteroatoms. The molecule has 1 fully saturated rings. The molecule has 0 spiro atoms. The fourth-order valence-electron chi connectivity index (χ4n) is 2.29. The van der Waals surface area contributed by atoms with E-state index in [-0.39, 0.29) is 11.5 Å². The van der Waals surface area contributed by atoms with Gasteiger partial charge in [-0.3, -0.25) is 4.79 Å². The van der Waals surface area contributed by atoms with E-state index in [1.165, 1.54) is 0 Å². The maximum absolute atomic E-state index is 11.6. The second-order valence-corrected chi connectivity index (χ2v) is 4.26. The predicted molar refractivity (Wildman–Crippen MR) is 62.3 cm³/mol. The van der Waals surface area contributed by atoms with Gasteiger partial charge in [-0.05, 0) is 32.7 Å². The van der Waals surface area contributed by atoms with Crippen LogP contribution in [-0.2, 0) is 14.3 Å². The topological polar surface area (TPSA) is 47.6 Å². The van der Waals surface area contributed by atoms with Crippen molar-refractivity contribution in [3.63, 3.8) is 0 Å². The van der Waals surface area contributed by atoms with Crippen LogP contribution < -0.4 is 5.32 Å². The Morgan fingerprint density at radius 3 is 2.88 bits per heavy atom. The lowest BCUT2D eigenvalue weighted by atomic mass is 9.87. The van der Waals surface area contributed by atoms with E-state index in [9.17, 15) is 4.79 Å². The van der Waals surface area contributed by atoms with E-state index in [0.717, 1.165) is 39.0 Å². The first-order chi connectivity index (χ1) is 7.72. The molecule has 94 valence electrons. The molecule has 0 radical (unpaired) electrons. The molecule has 16 heavy (non-hydrogen) atoms. The summed E-state index contributed by atoms with van der Waals surface area (Å²) < 4.78 is 10.5. The van der Waals surface area contributed by atoms with Gasteiger partial charge in [0, 0.05) is 18.8 Å². The van der Waals surface area contributed by atoms with Gasteiger partial charge in [-0.1, -0.05) is 6.92 Å². The average molecular weight is 229 g/mol. The van der Waals surface area contributed by atoms with Gasteiger partial charge in [-0.15, -0.1) is 0 Å². The maximum atomic E-state index is 11.6. The number of esters is 1. The molecule has 1 rings (SSSR count). The van der Waals surface area contributed by atoms with Crippen molar-refractivity contribution in [2.24, 2.45) is 0 Å². The zero-order valence-electron chi connectivity index (χ0n) is 10.4. The van der Waals surface area contributed by atoms with E-state index in [0.29, 0.717) is 13.0 Å². The summed E-state index contributed by atoms with van der Waals surface area (Å²) >= 11 is 0. The highest BCUT2D eigenvalue weighted by Gasteiger charge is 2.33. The second-order valence-electron chi connectivity index (χ2n) is 4.26. The fraction of sp³-hybridized carbons (Fsp3) is 0.917. The lowest BCUT2D eigenvalue weighted by Gasteiger charge is -2.32. The molecule has 1 heterocycles. The van der Waals surface area contributed by atoms with E-state index in [2.05, 4.69) is 12.2 Å². The van der Waals surface area contributed by atoms with Gasteiger partial charge in [-0.25, -0.2) is 0 Å². The summed E-state index contributed by atoms with van der Waals surface area (Å²) in [5.74, 6) is -0.106. The molecule has 1 atom stereocenters. The second kappa shape index (κ2) is 6.86. The smallest absolute Gasteiger partial charge is 0.307 e. The molecule has 0 aromatic heterocycles. The molecule has 1 N–H and O–H groups in total. The Hall–Kier alpha value is -0.610. The molecule has 1 aliphatic heterocycles. The van der Waals surface area contributed by atoms with Crippen LogP contribution >= 0.6 is 0 Å². The fourth-order valence-corrected chi connectivity index (χ4v) is 2.29. The summed E-state index contributed by atoms with van der Waals surface area (Å²) in [5.41, 5.74) is -0.114. The molecule has 4 nitrogen and oxygen atoms in total. The van der Waals surface area contributed by atoms with Crippen LogP contribution in [0.3, 0.4) is 0 Å². The lowest BCUT2D eigenvalue weighted by molar-refractivity contribution is -0.145. The van der Waals surface area contributed by atoms with Crippen LogP contribution in [0.5, 0.6) is 0 Å². The molecule has 0 aliphatic carbocycles. The van der Waals surface area contributed by atoms with Crippen LogP contribution in [-0.4, -0.2) is 37.9 Å². The predicted octanol–water partition coefficient (Wildman–Crippen LogP) is 1.49. The van der Waals surface area contributed by atoms with Crippen LogP contribution in [0.1, 0.15) is 39.5 Å². The normalized spacial score (nSPS) is 26.1. The van der Waals surface area contributed by atoms with Gasteiger partial charge in [0.05, 0.1) is 13.0 Å². The highest BCUT2D eigenvalue weighted by molar-refractivity contribution is 5.70. The van der Waals surface area contributed by atoms with Crippen LogP contribution in [0.25, 0.3) is 0 Å². The third kappa shape index (κ3) is 4.10. The number of rotatable bonds is 5. The van der Waals surface area contributed by atoms with Crippen molar-refractivity contribution >= 4 is 5.97 Å². The maximum Gasteiger partial charge on any atom is 0.307 e. The summed E-state index contributed by atoms with van der Waals surface area (Å²) in [5, 5.41) is 3.45. The number of hydrogen-bond donors (Lipinski definition) is 1. The molecule has 0 aromatic carbocycles. The van der Waals surface area contributed by atoms with Crippen LogP contribution in [0.2, 0.25) is 0 Å². The number of nitrogens with one attached hydrogen (secondary N) is 1. The van der Waals surface area contributed by atoms with E-state index in [4.69, 9.17) is 9.47 Å². The molecule has 1 aliphatic rings. The minimum absolute atomic E-state index is 0.106. The van der Waals surface area contributed by atoms with Crippen molar-refractivity contribution in [2.75, 3.05) is 26.4 Å². The number of carbonyl (C=O) groups excluding carboxylic acids is 1. The van der Waals surface area contributed by atoms with E-state index in [1.807, 2.05) is 6.92 Å². The van der Waals surface area contributed by atoms with Crippen LogP contribution in [0, 0.1) is 0 Å². The standard InChI is InChI=1S/C12H23NO3/c1-3-13-12(10-11(14)16-4-2)6-5-8-15-9-7-12/h13H,3-10H2,1-2H3. The van der Waals surface area contributed by atoms with Crippen molar-refractivity contribution in [2.45, 2.75) is 45.1 Å². The Labute approximate surface area is 97.7 Å². The third-order valence-corrected chi connectivity index (χ3v) is 3.01. The van der Waals surface area contributed by atoms with Gasteiger partial charge >= 0.3 is 5.97 Å². The van der Waals surface area contributed by atoms with Crippen LogP contribution in [0.15, 0.2) is 0 Å². The quantitative estimate of drug-likeness (QED) is 0.726. The minimum atomic E-state index is -0.114. The first kappa shape index (κ1) is 13.5. The third-order valence-electron chi connectivity index (χ3n) is 3.01. The van der Waals surface area contributed by atoms with Crippen LogP contribution in [0.4, 0.5) is 0 Å².